The Morgan fingerprint density at radius 3 is 3.06 bits per heavy atom. The standard InChI is InChI=1S/C12H17NO2S/c1-8-7-13(2)5-4-9-6-10(12(14)15-3)16-11(8)9/h6,8H,4-5,7H2,1-3H3. The van der Waals surface area contributed by atoms with Crippen molar-refractivity contribution in [1.29, 1.82) is 0 Å². The van der Waals surface area contributed by atoms with E-state index in [2.05, 4.69) is 18.9 Å². The predicted molar refractivity (Wildman–Crippen MR) is 65.3 cm³/mol. The first kappa shape index (κ1) is 11.6. The van der Waals surface area contributed by atoms with E-state index >= 15 is 0 Å². The summed E-state index contributed by atoms with van der Waals surface area (Å²) in [4.78, 5) is 15.9. The molecule has 3 nitrogen and oxygen atoms in total. The molecule has 0 bridgehead atoms. The van der Waals surface area contributed by atoms with Gasteiger partial charge in [0.1, 0.15) is 4.88 Å². The number of ether oxygens (including phenoxy) is 1. The lowest BCUT2D eigenvalue weighted by Gasteiger charge is -2.16. The summed E-state index contributed by atoms with van der Waals surface area (Å²) < 4.78 is 4.76. The highest BCUT2D eigenvalue weighted by Gasteiger charge is 2.22. The summed E-state index contributed by atoms with van der Waals surface area (Å²) >= 11 is 1.59. The van der Waals surface area contributed by atoms with Crippen molar-refractivity contribution in [3.8, 4) is 0 Å². The molecule has 1 aromatic rings. The average molecular weight is 239 g/mol. The molecule has 0 fully saturated rings. The molecule has 2 heterocycles. The second-order valence-corrected chi connectivity index (χ2v) is 5.49. The zero-order valence-corrected chi connectivity index (χ0v) is 10.8. The fraction of sp³-hybridized carbons (Fsp3) is 0.583. The Labute approximate surface area is 100 Å². The average Bonchev–Trinajstić information content (AvgIpc) is 2.64. The number of hydrogen-bond donors (Lipinski definition) is 0. The molecule has 0 spiro atoms. The van der Waals surface area contributed by atoms with Crippen molar-refractivity contribution in [3.63, 3.8) is 0 Å². The molecule has 1 aliphatic heterocycles. The lowest BCUT2D eigenvalue weighted by Crippen LogP contribution is -2.22. The number of thiophene rings is 1. The molecule has 0 aromatic carbocycles. The van der Waals surface area contributed by atoms with Crippen molar-refractivity contribution in [2.45, 2.75) is 19.3 Å². The van der Waals surface area contributed by atoms with Crippen molar-refractivity contribution in [1.82, 2.24) is 4.90 Å². The van der Waals surface area contributed by atoms with Crippen LogP contribution in [0.3, 0.4) is 0 Å². The third-order valence-corrected chi connectivity index (χ3v) is 4.41. The number of rotatable bonds is 1. The van der Waals surface area contributed by atoms with E-state index in [0.29, 0.717) is 5.92 Å². The number of hydrogen-bond acceptors (Lipinski definition) is 4. The minimum absolute atomic E-state index is 0.210. The van der Waals surface area contributed by atoms with E-state index < -0.39 is 0 Å². The molecule has 2 rings (SSSR count). The Kier molecular flexibility index (Phi) is 3.30. The van der Waals surface area contributed by atoms with Crippen LogP contribution in [0.4, 0.5) is 0 Å². The Bertz CT molecular complexity index is 400. The summed E-state index contributed by atoms with van der Waals surface area (Å²) in [5.74, 6) is 0.296. The van der Waals surface area contributed by atoms with E-state index in [9.17, 15) is 4.79 Å². The van der Waals surface area contributed by atoms with Crippen LogP contribution in [-0.4, -0.2) is 38.1 Å². The Hall–Kier alpha value is -0.870. The lowest BCUT2D eigenvalue weighted by molar-refractivity contribution is 0.0606. The molecule has 0 N–H and O–H groups in total. The number of fused-ring (bicyclic) bond motifs is 1. The monoisotopic (exact) mass is 239 g/mol. The Balaban J connectivity index is 2.31. The molecule has 0 amide bonds. The highest BCUT2D eigenvalue weighted by molar-refractivity contribution is 7.14. The SMILES string of the molecule is COC(=O)c1cc2c(s1)C(C)CN(C)CC2. The van der Waals surface area contributed by atoms with E-state index in [-0.39, 0.29) is 5.97 Å². The van der Waals surface area contributed by atoms with Gasteiger partial charge in [-0.1, -0.05) is 6.92 Å². The first-order chi connectivity index (χ1) is 7.61. The Morgan fingerprint density at radius 2 is 2.38 bits per heavy atom. The van der Waals surface area contributed by atoms with Gasteiger partial charge in [-0.3, -0.25) is 0 Å². The van der Waals surface area contributed by atoms with Gasteiger partial charge in [-0.2, -0.15) is 0 Å². The van der Waals surface area contributed by atoms with Crippen LogP contribution in [-0.2, 0) is 11.2 Å². The number of carbonyl (C=O) groups is 1. The molecule has 88 valence electrons. The van der Waals surface area contributed by atoms with Gasteiger partial charge in [0.2, 0.25) is 0 Å². The van der Waals surface area contributed by atoms with Crippen LogP contribution < -0.4 is 0 Å². The topological polar surface area (TPSA) is 29.5 Å². The van der Waals surface area contributed by atoms with Crippen molar-refractivity contribution in [2.75, 3.05) is 27.2 Å². The molecule has 1 unspecified atom stereocenters. The number of methoxy groups -OCH3 is 1. The van der Waals surface area contributed by atoms with E-state index in [1.807, 2.05) is 6.07 Å². The van der Waals surface area contributed by atoms with E-state index in [0.717, 1.165) is 24.4 Å². The van der Waals surface area contributed by atoms with Gasteiger partial charge in [0.25, 0.3) is 0 Å². The summed E-state index contributed by atoms with van der Waals surface area (Å²) in [7, 11) is 3.58. The van der Waals surface area contributed by atoms with Gasteiger partial charge in [0, 0.05) is 23.9 Å². The first-order valence-electron chi connectivity index (χ1n) is 5.51. The maximum absolute atomic E-state index is 11.5. The van der Waals surface area contributed by atoms with Gasteiger partial charge in [0.05, 0.1) is 7.11 Å². The van der Waals surface area contributed by atoms with E-state index in [1.165, 1.54) is 17.6 Å². The maximum Gasteiger partial charge on any atom is 0.348 e. The molecule has 1 atom stereocenters. The minimum Gasteiger partial charge on any atom is -0.465 e. The van der Waals surface area contributed by atoms with Crippen LogP contribution in [0.2, 0.25) is 0 Å². The van der Waals surface area contributed by atoms with Gasteiger partial charge < -0.3 is 9.64 Å². The lowest BCUT2D eigenvalue weighted by atomic mass is 10.1. The molecule has 16 heavy (non-hydrogen) atoms. The zero-order chi connectivity index (χ0) is 11.7. The van der Waals surface area contributed by atoms with Gasteiger partial charge in [-0.25, -0.2) is 4.79 Å². The predicted octanol–water partition coefficient (Wildman–Crippen LogP) is 2.13. The number of nitrogens with zero attached hydrogens (tertiary/aromatic N) is 1. The molecule has 0 radical (unpaired) electrons. The molecule has 0 saturated carbocycles. The summed E-state index contributed by atoms with van der Waals surface area (Å²) in [6.45, 7) is 4.35. The van der Waals surface area contributed by atoms with Crippen LogP contribution in [0.1, 0.15) is 33.0 Å². The van der Waals surface area contributed by atoms with Crippen molar-refractivity contribution < 1.29 is 9.53 Å². The molecular weight excluding hydrogens is 222 g/mol. The van der Waals surface area contributed by atoms with E-state index in [1.54, 1.807) is 11.3 Å². The molecule has 4 heteroatoms. The highest BCUT2D eigenvalue weighted by Crippen LogP contribution is 2.32. The largest absolute Gasteiger partial charge is 0.465 e. The van der Waals surface area contributed by atoms with E-state index in [4.69, 9.17) is 4.74 Å². The second-order valence-electron chi connectivity index (χ2n) is 4.41. The van der Waals surface area contributed by atoms with Crippen LogP contribution in [0, 0.1) is 0 Å². The normalized spacial score (nSPS) is 21.3. The van der Waals surface area contributed by atoms with Crippen LogP contribution in [0.25, 0.3) is 0 Å². The fourth-order valence-corrected chi connectivity index (χ4v) is 3.38. The second kappa shape index (κ2) is 4.55. The first-order valence-corrected chi connectivity index (χ1v) is 6.33. The summed E-state index contributed by atoms with van der Waals surface area (Å²) in [6.07, 6.45) is 1.03. The minimum atomic E-state index is -0.210. The third-order valence-electron chi connectivity index (χ3n) is 3.02. The number of esters is 1. The number of carbonyl (C=O) groups excluding carboxylic acids is 1. The smallest absolute Gasteiger partial charge is 0.348 e. The van der Waals surface area contributed by atoms with Crippen molar-refractivity contribution >= 4 is 17.3 Å². The molecule has 1 aromatic heterocycles. The summed E-state index contributed by atoms with van der Waals surface area (Å²) in [5.41, 5.74) is 1.32. The third kappa shape index (κ3) is 2.13. The van der Waals surface area contributed by atoms with Crippen LogP contribution >= 0.6 is 11.3 Å². The number of likely N-dealkylation sites (N-methyl/N-ethyl adjacent to an activating group) is 1. The van der Waals surface area contributed by atoms with Gasteiger partial charge >= 0.3 is 5.97 Å². The van der Waals surface area contributed by atoms with Gasteiger partial charge in [-0.15, -0.1) is 11.3 Å². The molecular formula is C12H17NO2S. The zero-order valence-electron chi connectivity index (χ0n) is 9.95. The maximum atomic E-state index is 11.5. The van der Waals surface area contributed by atoms with Crippen LogP contribution in [0.15, 0.2) is 6.07 Å². The molecule has 0 saturated heterocycles. The van der Waals surface area contributed by atoms with Gasteiger partial charge in [-0.05, 0) is 25.1 Å². The van der Waals surface area contributed by atoms with Crippen molar-refractivity contribution in [3.05, 3.63) is 21.4 Å². The quantitative estimate of drug-likeness (QED) is 0.703. The highest BCUT2D eigenvalue weighted by atomic mass is 32.1. The van der Waals surface area contributed by atoms with Crippen molar-refractivity contribution in [2.24, 2.45) is 0 Å². The molecule has 0 aliphatic carbocycles. The van der Waals surface area contributed by atoms with Crippen LogP contribution in [0.5, 0.6) is 0 Å². The van der Waals surface area contributed by atoms with Gasteiger partial charge in [0.15, 0.2) is 0 Å². The molecule has 1 aliphatic rings. The Morgan fingerprint density at radius 1 is 1.62 bits per heavy atom. The fourth-order valence-electron chi connectivity index (χ4n) is 2.21. The summed E-state index contributed by atoms with van der Waals surface area (Å²) in [6, 6.07) is 2.00. The summed E-state index contributed by atoms with van der Waals surface area (Å²) in [5, 5.41) is 0.